The van der Waals surface area contributed by atoms with Gasteiger partial charge in [0, 0.05) is 34.7 Å². The summed E-state index contributed by atoms with van der Waals surface area (Å²) in [5.74, 6) is 0.182. The molecule has 2 unspecified atom stereocenters. The van der Waals surface area contributed by atoms with E-state index in [0.717, 1.165) is 10.6 Å². The van der Waals surface area contributed by atoms with Crippen molar-refractivity contribution >= 4 is 34.8 Å². The highest BCUT2D eigenvalue weighted by Gasteiger charge is 2.36. The molecule has 0 spiro atoms. The van der Waals surface area contributed by atoms with Crippen molar-refractivity contribution in [3.05, 3.63) is 69.7 Å². The number of hydrogen-bond donors (Lipinski definition) is 0. The first-order chi connectivity index (χ1) is 12.4. The smallest absolute Gasteiger partial charge is 0.134 e. The Morgan fingerprint density at radius 2 is 1.35 bits per heavy atom. The minimum absolute atomic E-state index is 0.0438. The van der Waals surface area contributed by atoms with Crippen molar-refractivity contribution in [2.24, 2.45) is 5.92 Å². The van der Waals surface area contributed by atoms with Gasteiger partial charge in [0.25, 0.3) is 0 Å². The molecule has 2 aromatic carbocycles. The summed E-state index contributed by atoms with van der Waals surface area (Å²) in [6, 6.07) is 15.2. The van der Waals surface area contributed by atoms with E-state index in [2.05, 4.69) is 0 Å². The number of Topliss-reactive ketones (excluding diaryl/α,β-unsaturated/α-hetero) is 2. The Hall–Kier alpha value is -1.64. The second-order valence-electron chi connectivity index (χ2n) is 6.12. The molecule has 0 radical (unpaired) electrons. The molecule has 0 amide bonds. The van der Waals surface area contributed by atoms with Crippen LogP contribution in [0.25, 0.3) is 0 Å². The maximum Gasteiger partial charge on any atom is 0.134 e. The summed E-state index contributed by atoms with van der Waals surface area (Å²) in [7, 11) is 0. The highest BCUT2D eigenvalue weighted by Crippen LogP contribution is 2.38. The number of carbonyl (C=O) groups excluding carboxylic acids is 2. The third kappa shape index (κ3) is 6.93. The largest absolute Gasteiger partial charge is 0.300 e. The molecule has 0 saturated heterocycles. The van der Waals surface area contributed by atoms with Gasteiger partial charge in [-0.1, -0.05) is 66.9 Å². The maximum atomic E-state index is 11.5. The van der Waals surface area contributed by atoms with Crippen molar-refractivity contribution < 1.29 is 9.59 Å². The number of carbonyl (C=O) groups is 2. The molecule has 0 aromatic heterocycles. The summed E-state index contributed by atoms with van der Waals surface area (Å²) in [6.07, 6.45) is 0.870. The van der Waals surface area contributed by atoms with Crippen molar-refractivity contribution in [1.29, 1.82) is 0 Å². The summed E-state index contributed by atoms with van der Waals surface area (Å²) >= 11 is 11.4. The topological polar surface area (TPSA) is 34.1 Å². The average Bonchev–Trinajstić information content (AvgIpc) is 3.03. The molecule has 26 heavy (non-hydrogen) atoms. The van der Waals surface area contributed by atoms with Crippen LogP contribution >= 0.6 is 23.2 Å². The van der Waals surface area contributed by atoms with Crippen LogP contribution in [-0.4, -0.2) is 11.6 Å². The van der Waals surface area contributed by atoms with Gasteiger partial charge in [0.2, 0.25) is 0 Å². The zero-order chi connectivity index (χ0) is 19.7. The van der Waals surface area contributed by atoms with Crippen molar-refractivity contribution in [2.45, 2.75) is 46.5 Å². The molecule has 2 atom stereocenters. The van der Waals surface area contributed by atoms with Crippen LogP contribution in [0.4, 0.5) is 0 Å². The van der Waals surface area contributed by atoms with E-state index in [9.17, 15) is 9.59 Å². The lowest BCUT2D eigenvalue weighted by Crippen LogP contribution is -2.14. The second kappa shape index (κ2) is 11.2. The number of halogens is 2. The van der Waals surface area contributed by atoms with Crippen molar-refractivity contribution in [1.82, 2.24) is 0 Å². The van der Waals surface area contributed by atoms with Gasteiger partial charge in [0.1, 0.15) is 11.6 Å². The van der Waals surface area contributed by atoms with Gasteiger partial charge in [-0.05, 0) is 43.7 Å². The quantitative estimate of drug-likeness (QED) is 0.571. The van der Waals surface area contributed by atoms with Crippen LogP contribution in [0, 0.1) is 12.8 Å². The number of benzene rings is 2. The van der Waals surface area contributed by atoms with E-state index in [1.54, 1.807) is 19.1 Å². The molecule has 1 aliphatic carbocycles. The first-order valence-electron chi connectivity index (χ1n) is 8.86. The molecule has 0 heterocycles. The standard InChI is InChI=1S/C13H13ClO2.C7H7Cl.C2H6/c1-8(15)12-6-11(16)7-13(12)9-2-4-10(14)5-3-9;1-6-2-4-7(8)5-3-6;1-2/h2-5,12-13H,6-7H2,1H3;2-5H,1H3;1-2H3. The molecule has 140 valence electrons. The van der Waals surface area contributed by atoms with Crippen molar-refractivity contribution in [3.63, 3.8) is 0 Å². The molecule has 3 rings (SSSR count). The highest BCUT2D eigenvalue weighted by molar-refractivity contribution is 6.30. The zero-order valence-electron chi connectivity index (χ0n) is 15.8. The van der Waals surface area contributed by atoms with E-state index in [1.807, 2.05) is 57.2 Å². The minimum atomic E-state index is -0.145. The Labute approximate surface area is 166 Å². The maximum absolute atomic E-state index is 11.5. The Morgan fingerprint density at radius 3 is 1.77 bits per heavy atom. The molecule has 0 aliphatic heterocycles. The first kappa shape index (κ1) is 22.4. The fourth-order valence-electron chi connectivity index (χ4n) is 2.88. The van der Waals surface area contributed by atoms with Crippen LogP contribution in [0.5, 0.6) is 0 Å². The number of hydrogen-bond acceptors (Lipinski definition) is 2. The zero-order valence-corrected chi connectivity index (χ0v) is 17.3. The van der Waals surface area contributed by atoms with Gasteiger partial charge in [0.15, 0.2) is 0 Å². The van der Waals surface area contributed by atoms with Gasteiger partial charge >= 0.3 is 0 Å². The summed E-state index contributed by atoms with van der Waals surface area (Å²) in [5, 5.41) is 1.48. The van der Waals surface area contributed by atoms with Crippen LogP contribution in [0.3, 0.4) is 0 Å². The third-order valence-corrected chi connectivity index (χ3v) is 4.72. The molecule has 2 aromatic rings. The molecule has 0 N–H and O–H groups in total. The highest BCUT2D eigenvalue weighted by atomic mass is 35.5. The first-order valence-corrected chi connectivity index (χ1v) is 9.62. The van der Waals surface area contributed by atoms with Gasteiger partial charge in [-0.25, -0.2) is 0 Å². The SMILES string of the molecule is CC.CC(=O)C1CC(=O)CC1c1ccc(Cl)cc1.Cc1ccc(Cl)cc1. The van der Waals surface area contributed by atoms with E-state index in [0.29, 0.717) is 17.9 Å². The molecule has 1 saturated carbocycles. The fourth-order valence-corrected chi connectivity index (χ4v) is 3.13. The Bertz CT molecular complexity index is 685. The van der Waals surface area contributed by atoms with E-state index < -0.39 is 0 Å². The number of ketones is 2. The lowest BCUT2D eigenvalue weighted by Gasteiger charge is -2.16. The van der Waals surface area contributed by atoms with Gasteiger partial charge < -0.3 is 0 Å². The van der Waals surface area contributed by atoms with Crippen LogP contribution in [0.15, 0.2) is 48.5 Å². The molecule has 0 bridgehead atoms. The minimum Gasteiger partial charge on any atom is -0.300 e. The van der Waals surface area contributed by atoms with Crippen LogP contribution in [-0.2, 0) is 9.59 Å². The molecule has 2 nitrogen and oxygen atoms in total. The van der Waals surface area contributed by atoms with Crippen LogP contribution < -0.4 is 0 Å². The summed E-state index contributed by atoms with van der Waals surface area (Å²) < 4.78 is 0. The van der Waals surface area contributed by atoms with Crippen LogP contribution in [0.1, 0.15) is 50.7 Å². The lowest BCUT2D eigenvalue weighted by atomic mass is 9.87. The van der Waals surface area contributed by atoms with E-state index in [4.69, 9.17) is 23.2 Å². The fraction of sp³-hybridized carbons (Fsp3) is 0.364. The average molecular weight is 393 g/mol. The third-order valence-electron chi connectivity index (χ3n) is 4.21. The van der Waals surface area contributed by atoms with E-state index in [-0.39, 0.29) is 23.4 Å². The molecule has 1 fully saturated rings. The normalized spacial score (nSPS) is 18.3. The van der Waals surface area contributed by atoms with Gasteiger partial charge in [-0.15, -0.1) is 0 Å². The Kier molecular flexibility index (Phi) is 9.61. The van der Waals surface area contributed by atoms with Crippen molar-refractivity contribution in [3.8, 4) is 0 Å². The summed E-state index contributed by atoms with van der Waals surface area (Å²) in [6.45, 7) is 7.60. The molecular formula is C22H26Cl2O2. The van der Waals surface area contributed by atoms with E-state index >= 15 is 0 Å². The molecular weight excluding hydrogens is 367 g/mol. The predicted molar refractivity (Wildman–Crippen MR) is 110 cm³/mol. The summed E-state index contributed by atoms with van der Waals surface area (Å²) in [4.78, 5) is 22.9. The number of aryl methyl sites for hydroxylation is 1. The van der Waals surface area contributed by atoms with Crippen LogP contribution in [0.2, 0.25) is 10.0 Å². The lowest BCUT2D eigenvalue weighted by molar-refractivity contribution is -0.123. The summed E-state index contributed by atoms with van der Waals surface area (Å²) in [5.41, 5.74) is 2.28. The Morgan fingerprint density at radius 1 is 0.885 bits per heavy atom. The Balaban J connectivity index is 0.000000284. The predicted octanol–water partition coefficient (Wildman–Crippen LogP) is 6.67. The van der Waals surface area contributed by atoms with Crippen molar-refractivity contribution in [2.75, 3.05) is 0 Å². The van der Waals surface area contributed by atoms with Gasteiger partial charge in [0.05, 0.1) is 0 Å². The van der Waals surface area contributed by atoms with E-state index in [1.165, 1.54) is 5.56 Å². The van der Waals surface area contributed by atoms with Gasteiger partial charge in [-0.3, -0.25) is 9.59 Å². The second-order valence-corrected chi connectivity index (χ2v) is 6.99. The molecule has 1 aliphatic rings. The monoisotopic (exact) mass is 392 g/mol. The van der Waals surface area contributed by atoms with Gasteiger partial charge in [-0.2, -0.15) is 0 Å². The molecule has 4 heteroatoms. The number of rotatable bonds is 2.